The molecule has 0 radical (unpaired) electrons. The van der Waals surface area contributed by atoms with Crippen molar-refractivity contribution in [3.05, 3.63) is 39.4 Å². The molecule has 1 aromatic carbocycles. The molecule has 0 atom stereocenters. The number of hydrogen-bond donors (Lipinski definition) is 1. The highest BCUT2D eigenvalue weighted by atomic mass is 16.6. The molecular weight excluding hydrogens is 300 g/mol. The number of amides is 1. The van der Waals surface area contributed by atoms with E-state index in [1.165, 1.54) is 32.2 Å². The van der Waals surface area contributed by atoms with Gasteiger partial charge in [-0.05, 0) is 25.8 Å². The number of rotatable bonds is 4. The SMILES string of the molecule is COC(=O)C1(NC(=O)c2cccc([N+](=O)[O-])c2C)CCCCC1. The van der Waals surface area contributed by atoms with Crippen LogP contribution in [-0.2, 0) is 9.53 Å². The van der Waals surface area contributed by atoms with Crippen LogP contribution < -0.4 is 5.32 Å². The van der Waals surface area contributed by atoms with E-state index in [0.29, 0.717) is 12.8 Å². The van der Waals surface area contributed by atoms with Crippen molar-refractivity contribution < 1.29 is 19.2 Å². The van der Waals surface area contributed by atoms with Crippen molar-refractivity contribution in [1.29, 1.82) is 0 Å². The second kappa shape index (κ2) is 6.76. The van der Waals surface area contributed by atoms with Crippen molar-refractivity contribution in [1.82, 2.24) is 5.32 Å². The number of esters is 1. The van der Waals surface area contributed by atoms with Gasteiger partial charge in [0.2, 0.25) is 0 Å². The van der Waals surface area contributed by atoms with Crippen LogP contribution in [0.3, 0.4) is 0 Å². The fourth-order valence-corrected chi connectivity index (χ4v) is 3.08. The quantitative estimate of drug-likeness (QED) is 0.522. The topological polar surface area (TPSA) is 98.5 Å². The zero-order valence-corrected chi connectivity index (χ0v) is 13.3. The lowest BCUT2D eigenvalue weighted by atomic mass is 9.81. The first-order valence-corrected chi connectivity index (χ1v) is 7.56. The normalized spacial score (nSPS) is 16.4. The maximum atomic E-state index is 12.6. The average molecular weight is 320 g/mol. The van der Waals surface area contributed by atoms with Crippen LogP contribution in [0.15, 0.2) is 18.2 Å². The Morgan fingerprint density at radius 1 is 1.26 bits per heavy atom. The third kappa shape index (κ3) is 3.33. The summed E-state index contributed by atoms with van der Waals surface area (Å²) in [6.45, 7) is 1.53. The molecule has 0 saturated heterocycles. The van der Waals surface area contributed by atoms with E-state index in [2.05, 4.69) is 5.32 Å². The molecule has 0 heterocycles. The molecule has 1 aliphatic carbocycles. The summed E-state index contributed by atoms with van der Waals surface area (Å²) in [6, 6.07) is 4.33. The number of benzene rings is 1. The van der Waals surface area contributed by atoms with Gasteiger partial charge in [-0.1, -0.05) is 25.3 Å². The molecular formula is C16H20N2O5. The van der Waals surface area contributed by atoms with Gasteiger partial charge in [-0.2, -0.15) is 0 Å². The molecule has 1 aliphatic rings. The molecule has 1 N–H and O–H groups in total. The third-order valence-corrected chi connectivity index (χ3v) is 4.38. The highest BCUT2D eigenvalue weighted by Gasteiger charge is 2.42. The molecule has 1 aromatic rings. The first-order valence-electron chi connectivity index (χ1n) is 7.56. The average Bonchev–Trinajstić information content (AvgIpc) is 2.54. The monoisotopic (exact) mass is 320 g/mol. The number of ether oxygens (including phenoxy) is 1. The minimum atomic E-state index is -1.04. The Balaban J connectivity index is 2.31. The molecule has 7 nitrogen and oxygen atoms in total. The lowest BCUT2D eigenvalue weighted by Crippen LogP contribution is -2.56. The predicted molar refractivity (Wildman–Crippen MR) is 83.1 cm³/mol. The van der Waals surface area contributed by atoms with Crippen LogP contribution in [-0.4, -0.2) is 29.4 Å². The van der Waals surface area contributed by atoms with E-state index in [1.807, 2.05) is 0 Å². The van der Waals surface area contributed by atoms with Gasteiger partial charge in [-0.15, -0.1) is 0 Å². The van der Waals surface area contributed by atoms with Crippen LogP contribution in [0.5, 0.6) is 0 Å². The number of nitro groups is 1. The smallest absolute Gasteiger partial charge is 0.331 e. The van der Waals surface area contributed by atoms with Crippen LogP contribution >= 0.6 is 0 Å². The molecule has 0 aromatic heterocycles. The summed E-state index contributed by atoms with van der Waals surface area (Å²) in [5.74, 6) is -0.952. The lowest BCUT2D eigenvalue weighted by molar-refractivity contribution is -0.385. The molecule has 0 aliphatic heterocycles. The molecule has 0 bridgehead atoms. The maximum Gasteiger partial charge on any atom is 0.331 e. The van der Waals surface area contributed by atoms with E-state index >= 15 is 0 Å². The minimum Gasteiger partial charge on any atom is -0.467 e. The van der Waals surface area contributed by atoms with E-state index in [4.69, 9.17) is 4.74 Å². The van der Waals surface area contributed by atoms with E-state index in [9.17, 15) is 19.7 Å². The second-order valence-corrected chi connectivity index (χ2v) is 5.80. The number of hydrogen-bond acceptors (Lipinski definition) is 5. The van der Waals surface area contributed by atoms with Gasteiger partial charge in [0.15, 0.2) is 0 Å². The zero-order chi connectivity index (χ0) is 17.0. The van der Waals surface area contributed by atoms with Gasteiger partial charge >= 0.3 is 5.97 Å². The first-order chi connectivity index (χ1) is 10.9. The van der Waals surface area contributed by atoms with Crippen molar-refractivity contribution in [3.8, 4) is 0 Å². The van der Waals surface area contributed by atoms with E-state index < -0.39 is 22.3 Å². The number of carbonyl (C=O) groups is 2. The van der Waals surface area contributed by atoms with E-state index in [0.717, 1.165) is 19.3 Å². The van der Waals surface area contributed by atoms with Gasteiger partial charge in [0.25, 0.3) is 11.6 Å². The summed E-state index contributed by atoms with van der Waals surface area (Å²) in [6.07, 6.45) is 3.68. The summed E-state index contributed by atoms with van der Waals surface area (Å²) in [4.78, 5) is 35.2. The van der Waals surface area contributed by atoms with E-state index in [1.54, 1.807) is 0 Å². The van der Waals surface area contributed by atoms with Crippen LogP contribution in [0.1, 0.15) is 48.0 Å². The van der Waals surface area contributed by atoms with Crippen LogP contribution in [0.25, 0.3) is 0 Å². The standard InChI is InChI=1S/C16H20N2O5/c1-11-12(7-6-8-13(11)18(21)22)14(19)17-16(15(20)23-2)9-4-3-5-10-16/h6-8H,3-5,9-10H2,1-2H3,(H,17,19). The Morgan fingerprint density at radius 3 is 2.48 bits per heavy atom. The lowest BCUT2D eigenvalue weighted by Gasteiger charge is -2.35. The van der Waals surface area contributed by atoms with Gasteiger partial charge in [-0.25, -0.2) is 4.79 Å². The summed E-state index contributed by atoms with van der Waals surface area (Å²) in [7, 11) is 1.30. The highest BCUT2D eigenvalue weighted by Crippen LogP contribution is 2.30. The molecule has 1 fully saturated rings. The van der Waals surface area contributed by atoms with Gasteiger partial charge in [0.05, 0.1) is 12.0 Å². The molecule has 0 unspecified atom stereocenters. The maximum absolute atomic E-state index is 12.6. The van der Waals surface area contributed by atoms with Gasteiger partial charge in [0, 0.05) is 17.2 Å². The Morgan fingerprint density at radius 2 is 1.91 bits per heavy atom. The fourth-order valence-electron chi connectivity index (χ4n) is 3.08. The number of carbonyl (C=O) groups excluding carboxylic acids is 2. The summed E-state index contributed by atoms with van der Waals surface area (Å²) >= 11 is 0. The number of methoxy groups -OCH3 is 1. The Labute approximate surface area is 134 Å². The minimum absolute atomic E-state index is 0.117. The number of nitrogens with zero attached hydrogens (tertiary/aromatic N) is 1. The zero-order valence-electron chi connectivity index (χ0n) is 13.3. The summed E-state index contributed by atoms with van der Waals surface area (Å²) < 4.78 is 4.86. The van der Waals surface area contributed by atoms with Crippen LogP contribution in [0, 0.1) is 17.0 Å². The van der Waals surface area contributed by atoms with Crippen LogP contribution in [0.4, 0.5) is 5.69 Å². The Hall–Kier alpha value is -2.44. The van der Waals surface area contributed by atoms with Gasteiger partial charge < -0.3 is 10.1 Å². The predicted octanol–water partition coefficient (Wildman–Crippen LogP) is 2.51. The largest absolute Gasteiger partial charge is 0.467 e. The van der Waals surface area contributed by atoms with Crippen molar-refractivity contribution in [2.24, 2.45) is 0 Å². The molecule has 124 valence electrons. The third-order valence-electron chi connectivity index (χ3n) is 4.38. The number of nitro benzene ring substituents is 1. The van der Waals surface area contributed by atoms with E-state index in [-0.39, 0.29) is 16.8 Å². The highest BCUT2D eigenvalue weighted by molar-refractivity contribution is 6.00. The van der Waals surface area contributed by atoms with Crippen molar-refractivity contribution in [2.45, 2.75) is 44.6 Å². The van der Waals surface area contributed by atoms with Gasteiger partial charge in [0.1, 0.15) is 5.54 Å². The second-order valence-electron chi connectivity index (χ2n) is 5.80. The summed E-state index contributed by atoms with van der Waals surface area (Å²) in [5.41, 5.74) is -0.673. The molecule has 2 rings (SSSR count). The first kappa shape index (κ1) is 16.9. The van der Waals surface area contributed by atoms with Gasteiger partial charge in [-0.3, -0.25) is 14.9 Å². The fraction of sp³-hybridized carbons (Fsp3) is 0.500. The summed E-state index contributed by atoms with van der Waals surface area (Å²) in [5, 5.41) is 13.8. The van der Waals surface area contributed by atoms with Crippen molar-refractivity contribution >= 4 is 17.6 Å². The molecule has 0 spiro atoms. The molecule has 23 heavy (non-hydrogen) atoms. The Bertz CT molecular complexity index is 635. The van der Waals surface area contributed by atoms with Crippen molar-refractivity contribution in [2.75, 3.05) is 7.11 Å². The molecule has 1 amide bonds. The molecule has 1 saturated carbocycles. The Kier molecular flexibility index (Phi) is 4.98. The molecule has 7 heteroatoms. The van der Waals surface area contributed by atoms with Crippen molar-refractivity contribution in [3.63, 3.8) is 0 Å². The van der Waals surface area contributed by atoms with Crippen LogP contribution in [0.2, 0.25) is 0 Å². The number of nitrogens with one attached hydrogen (secondary N) is 1.